The Morgan fingerprint density at radius 2 is 1.92 bits per heavy atom. The van der Waals surface area contributed by atoms with Gasteiger partial charge in [0.15, 0.2) is 6.54 Å². The molecule has 0 spiro atoms. The van der Waals surface area contributed by atoms with Crippen molar-refractivity contribution in [2.45, 2.75) is 44.8 Å². The van der Waals surface area contributed by atoms with E-state index in [1.54, 1.807) is 0 Å². The lowest BCUT2D eigenvalue weighted by Crippen LogP contribution is -3.14. The second kappa shape index (κ2) is 7.62. The number of nitrogens with one attached hydrogen (secondary N) is 1. The van der Waals surface area contributed by atoms with Crippen LogP contribution in [0.3, 0.4) is 0 Å². The Bertz CT molecular complexity index is 726. The van der Waals surface area contributed by atoms with E-state index in [9.17, 15) is 4.79 Å². The fourth-order valence-corrected chi connectivity index (χ4v) is 5.36. The van der Waals surface area contributed by atoms with Crippen LogP contribution in [0.15, 0.2) is 24.3 Å². The van der Waals surface area contributed by atoms with E-state index >= 15 is 0 Å². The SMILES string of the molecule is C[C@@H]1CN(C(=O)C[NH+]2CCC(c3nc4ccccc4s3)CC2)C[C@@H](C)O1. The maximum absolute atomic E-state index is 12.7. The molecular formula is C20H28N3O2S+. The van der Waals surface area contributed by atoms with Crippen molar-refractivity contribution >= 4 is 27.5 Å². The van der Waals surface area contributed by atoms with Gasteiger partial charge in [0, 0.05) is 31.8 Å². The molecule has 2 fully saturated rings. The van der Waals surface area contributed by atoms with Crippen molar-refractivity contribution in [1.82, 2.24) is 9.88 Å². The first-order valence-corrected chi connectivity index (χ1v) is 10.5. The Balaban J connectivity index is 1.31. The van der Waals surface area contributed by atoms with Gasteiger partial charge in [0.2, 0.25) is 0 Å². The number of hydrogen-bond acceptors (Lipinski definition) is 4. The van der Waals surface area contributed by atoms with Crippen LogP contribution in [0.4, 0.5) is 0 Å². The summed E-state index contributed by atoms with van der Waals surface area (Å²) in [5.41, 5.74) is 1.12. The van der Waals surface area contributed by atoms with Crippen LogP contribution in [0.2, 0.25) is 0 Å². The van der Waals surface area contributed by atoms with Crippen LogP contribution >= 0.6 is 11.3 Å². The number of para-hydroxylation sites is 1. The maximum Gasteiger partial charge on any atom is 0.277 e. The van der Waals surface area contributed by atoms with Gasteiger partial charge in [-0.3, -0.25) is 4.79 Å². The smallest absolute Gasteiger partial charge is 0.277 e. The summed E-state index contributed by atoms with van der Waals surface area (Å²) in [5.74, 6) is 0.829. The largest absolute Gasteiger partial charge is 0.372 e. The molecule has 1 aromatic carbocycles. The summed E-state index contributed by atoms with van der Waals surface area (Å²) in [6.07, 6.45) is 2.53. The van der Waals surface area contributed by atoms with Gasteiger partial charge in [0.25, 0.3) is 5.91 Å². The molecule has 0 saturated carbocycles. The lowest BCUT2D eigenvalue weighted by molar-refractivity contribution is -0.897. The van der Waals surface area contributed by atoms with Crippen molar-refractivity contribution in [3.05, 3.63) is 29.3 Å². The number of benzene rings is 1. The standard InChI is InChI=1S/C20H27N3O2S/c1-14-11-23(12-15(2)25-14)19(24)13-22-9-7-16(8-10-22)20-21-17-5-3-4-6-18(17)26-20/h3-6,14-16H,7-13H2,1-2H3/p+1/t14-,15-/m1/s1. The van der Waals surface area contributed by atoms with Gasteiger partial charge in [-0.15, -0.1) is 11.3 Å². The normalized spacial score (nSPS) is 29.8. The molecule has 0 bridgehead atoms. The molecule has 1 N–H and O–H groups in total. The summed E-state index contributed by atoms with van der Waals surface area (Å²) < 4.78 is 7.02. The van der Waals surface area contributed by atoms with E-state index in [1.165, 1.54) is 14.6 Å². The Hall–Kier alpha value is -1.50. The molecule has 0 aliphatic carbocycles. The third-order valence-electron chi connectivity index (χ3n) is 5.53. The van der Waals surface area contributed by atoms with E-state index in [0.29, 0.717) is 12.5 Å². The Morgan fingerprint density at radius 1 is 1.23 bits per heavy atom. The highest BCUT2D eigenvalue weighted by Gasteiger charge is 2.31. The zero-order valence-electron chi connectivity index (χ0n) is 15.6. The number of nitrogens with zero attached hydrogens (tertiary/aromatic N) is 2. The van der Waals surface area contributed by atoms with Crippen molar-refractivity contribution in [3.8, 4) is 0 Å². The molecule has 0 radical (unpaired) electrons. The average molecular weight is 375 g/mol. The van der Waals surface area contributed by atoms with Gasteiger partial charge in [-0.05, 0) is 26.0 Å². The second-order valence-electron chi connectivity index (χ2n) is 7.78. The van der Waals surface area contributed by atoms with Gasteiger partial charge in [0.1, 0.15) is 0 Å². The highest BCUT2D eigenvalue weighted by molar-refractivity contribution is 7.18. The summed E-state index contributed by atoms with van der Waals surface area (Å²) >= 11 is 1.83. The number of aromatic nitrogens is 1. The zero-order chi connectivity index (χ0) is 18.1. The number of piperidine rings is 1. The van der Waals surface area contributed by atoms with Gasteiger partial charge >= 0.3 is 0 Å². The minimum atomic E-state index is 0.141. The number of likely N-dealkylation sites (tertiary alicyclic amines) is 1. The monoisotopic (exact) mass is 374 g/mol. The number of quaternary nitrogens is 1. The van der Waals surface area contributed by atoms with Crippen molar-refractivity contribution < 1.29 is 14.4 Å². The van der Waals surface area contributed by atoms with E-state index in [2.05, 4.69) is 24.3 Å². The first-order chi connectivity index (χ1) is 12.6. The van der Waals surface area contributed by atoms with Crippen LogP contribution in [0.5, 0.6) is 0 Å². The predicted molar refractivity (Wildman–Crippen MR) is 104 cm³/mol. The second-order valence-corrected chi connectivity index (χ2v) is 8.84. The molecule has 26 heavy (non-hydrogen) atoms. The molecule has 1 aromatic heterocycles. The summed E-state index contributed by atoms with van der Waals surface area (Å²) in [6.45, 7) is 8.28. The molecule has 140 valence electrons. The Kier molecular flexibility index (Phi) is 5.25. The van der Waals surface area contributed by atoms with Crippen LogP contribution in [0.25, 0.3) is 10.2 Å². The zero-order valence-corrected chi connectivity index (χ0v) is 16.4. The summed E-state index contributed by atoms with van der Waals surface area (Å²) in [4.78, 5) is 20.9. The summed E-state index contributed by atoms with van der Waals surface area (Å²) in [5, 5.41) is 1.27. The first kappa shape index (κ1) is 17.9. The van der Waals surface area contributed by atoms with Gasteiger partial charge < -0.3 is 14.5 Å². The third-order valence-corrected chi connectivity index (χ3v) is 6.72. The fraction of sp³-hybridized carbons (Fsp3) is 0.600. The summed E-state index contributed by atoms with van der Waals surface area (Å²) in [6, 6.07) is 8.38. The Labute approximate surface area is 159 Å². The molecule has 2 aliphatic heterocycles. The molecule has 2 saturated heterocycles. The average Bonchev–Trinajstić information content (AvgIpc) is 3.05. The first-order valence-electron chi connectivity index (χ1n) is 9.70. The van der Waals surface area contributed by atoms with Crippen LogP contribution < -0.4 is 4.90 Å². The number of thiazole rings is 1. The van der Waals surface area contributed by atoms with Crippen molar-refractivity contribution in [3.63, 3.8) is 0 Å². The molecule has 3 heterocycles. The number of carbonyl (C=O) groups is 1. The topological polar surface area (TPSA) is 46.9 Å². The van der Waals surface area contributed by atoms with E-state index in [-0.39, 0.29) is 18.1 Å². The molecule has 2 atom stereocenters. The molecule has 2 aliphatic rings. The highest BCUT2D eigenvalue weighted by atomic mass is 32.1. The molecule has 2 aromatic rings. The van der Waals surface area contributed by atoms with E-state index in [0.717, 1.165) is 44.5 Å². The van der Waals surface area contributed by atoms with Crippen molar-refractivity contribution in [1.29, 1.82) is 0 Å². The molecule has 4 rings (SSSR count). The highest BCUT2D eigenvalue weighted by Crippen LogP contribution is 2.31. The fourth-order valence-electron chi connectivity index (χ4n) is 4.22. The molecule has 6 heteroatoms. The Morgan fingerprint density at radius 3 is 2.62 bits per heavy atom. The molecular weight excluding hydrogens is 346 g/mol. The van der Waals surface area contributed by atoms with E-state index in [4.69, 9.17) is 9.72 Å². The van der Waals surface area contributed by atoms with Crippen LogP contribution in [0.1, 0.15) is 37.6 Å². The molecule has 0 unspecified atom stereocenters. The predicted octanol–water partition coefficient (Wildman–Crippen LogP) is 1.69. The number of morpholine rings is 1. The number of amides is 1. The van der Waals surface area contributed by atoms with E-state index in [1.807, 2.05) is 30.1 Å². The van der Waals surface area contributed by atoms with Crippen molar-refractivity contribution in [2.75, 3.05) is 32.7 Å². The molecule has 5 nitrogen and oxygen atoms in total. The van der Waals surface area contributed by atoms with Crippen LogP contribution in [-0.2, 0) is 9.53 Å². The molecule has 1 amide bonds. The lowest BCUT2D eigenvalue weighted by Gasteiger charge is -2.36. The van der Waals surface area contributed by atoms with Crippen LogP contribution in [0, 0.1) is 0 Å². The van der Waals surface area contributed by atoms with Gasteiger partial charge in [-0.1, -0.05) is 12.1 Å². The number of ether oxygens (including phenoxy) is 1. The quantitative estimate of drug-likeness (QED) is 0.889. The third kappa shape index (κ3) is 3.92. The van der Waals surface area contributed by atoms with Crippen LogP contribution in [-0.4, -0.2) is 60.7 Å². The van der Waals surface area contributed by atoms with E-state index < -0.39 is 0 Å². The number of carbonyl (C=O) groups excluding carboxylic acids is 1. The lowest BCUT2D eigenvalue weighted by atomic mass is 9.97. The van der Waals surface area contributed by atoms with Crippen molar-refractivity contribution in [2.24, 2.45) is 0 Å². The number of rotatable bonds is 3. The minimum absolute atomic E-state index is 0.141. The number of hydrogen-bond donors (Lipinski definition) is 1. The summed E-state index contributed by atoms with van der Waals surface area (Å²) in [7, 11) is 0. The number of fused-ring (bicyclic) bond motifs is 1. The maximum atomic E-state index is 12.7. The van der Waals surface area contributed by atoms with Gasteiger partial charge in [-0.25, -0.2) is 4.98 Å². The van der Waals surface area contributed by atoms with Gasteiger partial charge in [0.05, 0.1) is 40.5 Å². The minimum Gasteiger partial charge on any atom is -0.372 e. The van der Waals surface area contributed by atoms with Gasteiger partial charge in [-0.2, -0.15) is 0 Å².